The number of H-pyrrole nitrogens is 1. The van der Waals surface area contributed by atoms with Gasteiger partial charge in [0, 0.05) is 11.8 Å². The Kier molecular flexibility index (Phi) is 9.49. The number of rotatable bonds is 0. The molecule has 0 aliphatic carbocycles. The van der Waals surface area contributed by atoms with Gasteiger partial charge in [0.25, 0.3) is 5.56 Å². The largest absolute Gasteiger partial charge is 0.311 e. The Morgan fingerprint density at radius 3 is 2.08 bits per heavy atom. The van der Waals surface area contributed by atoms with Crippen molar-refractivity contribution in [3.8, 4) is 0 Å². The average molecular weight is 182 g/mol. The zero-order valence-electron chi connectivity index (χ0n) is 8.85. The van der Waals surface area contributed by atoms with Crippen LogP contribution < -0.4 is 5.56 Å². The molecule has 0 bridgehead atoms. The highest BCUT2D eigenvalue weighted by molar-refractivity contribution is 4.98. The van der Waals surface area contributed by atoms with Gasteiger partial charge in [0.05, 0.1) is 0 Å². The van der Waals surface area contributed by atoms with Gasteiger partial charge in [-0.15, -0.1) is 13.2 Å². The minimum Gasteiger partial charge on any atom is -0.311 e. The SMILES string of the molecule is C=C.CC.Cc1cc(=O)[nH]c(C)n1. The van der Waals surface area contributed by atoms with Crippen LogP contribution in [0.3, 0.4) is 0 Å². The standard InChI is InChI=1S/C6H8N2O.C2H6.C2H4/c1-4-3-6(9)8-5(2)7-4;2*1-2/h3H,1-2H3,(H,7,8,9);1-2H3;1-2H2. The Hall–Kier alpha value is -1.38. The minimum absolute atomic E-state index is 0.0833. The van der Waals surface area contributed by atoms with Crippen LogP contribution in [0.5, 0.6) is 0 Å². The molecule has 0 saturated carbocycles. The van der Waals surface area contributed by atoms with E-state index in [0.29, 0.717) is 5.82 Å². The maximum Gasteiger partial charge on any atom is 0.251 e. The summed E-state index contributed by atoms with van der Waals surface area (Å²) in [6, 6.07) is 1.47. The molecule has 0 atom stereocenters. The second kappa shape index (κ2) is 8.71. The first kappa shape index (κ1) is 14.2. The number of aryl methyl sites for hydroxylation is 2. The second-order valence-corrected chi connectivity index (χ2v) is 1.97. The third kappa shape index (κ3) is 7.00. The van der Waals surface area contributed by atoms with E-state index in [2.05, 4.69) is 23.1 Å². The number of aromatic nitrogens is 2. The molecule has 0 fully saturated rings. The summed E-state index contributed by atoms with van der Waals surface area (Å²) in [6.45, 7) is 13.6. The van der Waals surface area contributed by atoms with Crippen molar-refractivity contribution in [3.63, 3.8) is 0 Å². The molecule has 1 N–H and O–H groups in total. The lowest BCUT2D eigenvalue weighted by Crippen LogP contribution is -2.08. The van der Waals surface area contributed by atoms with Crippen LogP contribution in [0, 0.1) is 13.8 Å². The van der Waals surface area contributed by atoms with Crippen LogP contribution in [0.15, 0.2) is 24.0 Å². The van der Waals surface area contributed by atoms with Crippen LogP contribution >= 0.6 is 0 Å². The van der Waals surface area contributed by atoms with Gasteiger partial charge in [0.1, 0.15) is 5.82 Å². The molecule has 3 heteroatoms. The quantitative estimate of drug-likeness (QED) is 0.625. The predicted molar refractivity (Wildman–Crippen MR) is 56.9 cm³/mol. The summed E-state index contributed by atoms with van der Waals surface area (Å²) >= 11 is 0. The first-order valence-corrected chi connectivity index (χ1v) is 4.23. The van der Waals surface area contributed by atoms with E-state index < -0.39 is 0 Å². The van der Waals surface area contributed by atoms with Gasteiger partial charge in [-0.1, -0.05) is 13.8 Å². The molecule has 0 aromatic carbocycles. The van der Waals surface area contributed by atoms with E-state index >= 15 is 0 Å². The molecule has 1 heterocycles. The molecular formula is C10H18N2O. The van der Waals surface area contributed by atoms with E-state index in [4.69, 9.17) is 0 Å². The van der Waals surface area contributed by atoms with Crippen molar-refractivity contribution in [2.45, 2.75) is 27.7 Å². The lowest BCUT2D eigenvalue weighted by Gasteiger charge is -1.90. The molecule has 0 aliphatic rings. The van der Waals surface area contributed by atoms with Crippen LogP contribution in [-0.2, 0) is 0 Å². The topological polar surface area (TPSA) is 45.8 Å². The highest BCUT2D eigenvalue weighted by Gasteiger charge is 1.88. The van der Waals surface area contributed by atoms with Crippen molar-refractivity contribution in [1.82, 2.24) is 9.97 Å². The van der Waals surface area contributed by atoms with Gasteiger partial charge in [-0.2, -0.15) is 0 Å². The third-order valence-electron chi connectivity index (χ3n) is 0.988. The molecule has 3 nitrogen and oxygen atoms in total. The predicted octanol–water partition coefficient (Wildman–Crippen LogP) is 2.22. The van der Waals surface area contributed by atoms with Gasteiger partial charge in [0.15, 0.2) is 0 Å². The van der Waals surface area contributed by atoms with Gasteiger partial charge >= 0.3 is 0 Å². The summed E-state index contributed by atoms with van der Waals surface area (Å²) in [5.41, 5.74) is 0.677. The van der Waals surface area contributed by atoms with Gasteiger partial charge < -0.3 is 4.98 Å². The van der Waals surface area contributed by atoms with E-state index in [1.165, 1.54) is 6.07 Å². The Balaban J connectivity index is 0. The van der Waals surface area contributed by atoms with Crippen molar-refractivity contribution in [1.29, 1.82) is 0 Å². The van der Waals surface area contributed by atoms with Gasteiger partial charge in [0.2, 0.25) is 0 Å². The second-order valence-electron chi connectivity index (χ2n) is 1.97. The Morgan fingerprint density at radius 1 is 1.31 bits per heavy atom. The number of hydrogen-bond acceptors (Lipinski definition) is 2. The summed E-state index contributed by atoms with van der Waals surface area (Å²) in [6.07, 6.45) is 0. The van der Waals surface area contributed by atoms with Crippen molar-refractivity contribution in [3.05, 3.63) is 41.1 Å². The van der Waals surface area contributed by atoms with E-state index in [1.807, 2.05) is 13.8 Å². The summed E-state index contributed by atoms with van der Waals surface area (Å²) < 4.78 is 0. The third-order valence-corrected chi connectivity index (χ3v) is 0.988. The monoisotopic (exact) mass is 182 g/mol. The molecule has 74 valence electrons. The van der Waals surface area contributed by atoms with Gasteiger partial charge in [-0.05, 0) is 13.8 Å². The van der Waals surface area contributed by atoms with E-state index in [0.717, 1.165) is 5.69 Å². The molecular weight excluding hydrogens is 164 g/mol. The van der Waals surface area contributed by atoms with Crippen molar-refractivity contribution in [2.24, 2.45) is 0 Å². The Bertz CT molecular complexity index is 255. The highest BCUT2D eigenvalue weighted by Crippen LogP contribution is 1.84. The lowest BCUT2D eigenvalue weighted by molar-refractivity contribution is 0.982. The van der Waals surface area contributed by atoms with Crippen LogP contribution in [-0.4, -0.2) is 9.97 Å². The molecule has 1 aromatic heterocycles. The maximum atomic E-state index is 10.6. The molecule has 0 amide bonds. The summed E-state index contributed by atoms with van der Waals surface area (Å²) in [5, 5.41) is 0. The van der Waals surface area contributed by atoms with E-state index in [9.17, 15) is 4.79 Å². The number of aromatic amines is 1. The fourth-order valence-electron chi connectivity index (χ4n) is 0.729. The summed E-state index contributed by atoms with van der Waals surface area (Å²) in [7, 11) is 0. The molecule has 0 saturated heterocycles. The molecule has 0 radical (unpaired) electrons. The van der Waals surface area contributed by atoms with E-state index in [1.54, 1.807) is 13.8 Å². The Labute approximate surface area is 79.5 Å². The zero-order chi connectivity index (χ0) is 10.9. The van der Waals surface area contributed by atoms with Crippen LogP contribution in [0.1, 0.15) is 25.4 Å². The number of nitrogens with zero attached hydrogens (tertiary/aromatic N) is 1. The first-order chi connectivity index (χ1) is 6.18. The fourth-order valence-corrected chi connectivity index (χ4v) is 0.729. The van der Waals surface area contributed by atoms with Crippen LogP contribution in [0.25, 0.3) is 0 Å². The van der Waals surface area contributed by atoms with Crippen LogP contribution in [0.4, 0.5) is 0 Å². The highest BCUT2D eigenvalue weighted by atomic mass is 16.1. The molecule has 13 heavy (non-hydrogen) atoms. The van der Waals surface area contributed by atoms with Crippen molar-refractivity contribution < 1.29 is 0 Å². The Morgan fingerprint density at radius 2 is 1.77 bits per heavy atom. The van der Waals surface area contributed by atoms with E-state index in [-0.39, 0.29) is 5.56 Å². The van der Waals surface area contributed by atoms with Crippen molar-refractivity contribution in [2.75, 3.05) is 0 Å². The smallest absolute Gasteiger partial charge is 0.251 e. The van der Waals surface area contributed by atoms with Crippen LogP contribution in [0.2, 0.25) is 0 Å². The maximum absolute atomic E-state index is 10.6. The zero-order valence-corrected chi connectivity index (χ0v) is 8.85. The summed E-state index contributed by atoms with van der Waals surface area (Å²) in [5.74, 6) is 0.667. The number of nitrogens with one attached hydrogen (secondary N) is 1. The normalized spacial score (nSPS) is 7.38. The molecule has 1 aromatic rings. The molecule has 0 aliphatic heterocycles. The van der Waals surface area contributed by atoms with Gasteiger partial charge in [-0.3, -0.25) is 4.79 Å². The first-order valence-electron chi connectivity index (χ1n) is 4.23. The van der Waals surface area contributed by atoms with Gasteiger partial charge in [-0.25, -0.2) is 4.98 Å². The minimum atomic E-state index is -0.0833. The fraction of sp³-hybridized carbons (Fsp3) is 0.400. The number of hydrogen-bond donors (Lipinski definition) is 1. The molecule has 0 unspecified atom stereocenters. The lowest BCUT2D eigenvalue weighted by atomic mass is 10.4. The molecule has 0 spiro atoms. The average Bonchev–Trinajstić information content (AvgIpc) is 2.09. The van der Waals surface area contributed by atoms with Crippen molar-refractivity contribution >= 4 is 0 Å². The molecule has 1 rings (SSSR count). The summed E-state index contributed by atoms with van der Waals surface area (Å²) in [4.78, 5) is 17.1.